The predicted molar refractivity (Wildman–Crippen MR) is 77.0 cm³/mol. The Labute approximate surface area is 115 Å². The van der Waals surface area contributed by atoms with Crippen LogP contribution in [0.2, 0.25) is 10.0 Å². The topological polar surface area (TPSA) is 12.0 Å². The van der Waals surface area contributed by atoms with Crippen molar-refractivity contribution >= 4 is 23.2 Å². The van der Waals surface area contributed by atoms with Crippen LogP contribution in [-0.4, -0.2) is 7.05 Å². The number of halogens is 2. The Kier molecular flexibility index (Phi) is 6.32. The summed E-state index contributed by atoms with van der Waals surface area (Å²) in [6.45, 7) is 4.48. The van der Waals surface area contributed by atoms with Gasteiger partial charge in [-0.15, -0.1) is 0 Å². The van der Waals surface area contributed by atoms with Crippen LogP contribution in [0, 0.1) is 5.92 Å². The van der Waals surface area contributed by atoms with E-state index in [2.05, 4.69) is 19.2 Å². The SMILES string of the molecule is CCC(CC)CC(NC)c1cc(Cl)cc(Cl)c1. The van der Waals surface area contributed by atoms with Crippen molar-refractivity contribution in [2.24, 2.45) is 5.92 Å². The minimum atomic E-state index is 0.330. The van der Waals surface area contributed by atoms with Gasteiger partial charge in [0.15, 0.2) is 0 Å². The fraction of sp³-hybridized carbons (Fsp3) is 0.571. The first-order valence-electron chi connectivity index (χ1n) is 6.23. The van der Waals surface area contributed by atoms with Gasteiger partial charge in [0.05, 0.1) is 0 Å². The number of rotatable bonds is 6. The number of hydrogen-bond donors (Lipinski definition) is 1. The van der Waals surface area contributed by atoms with Crippen LogP contribution in [0.3, 0.4) is 0 Å². The highest BCUT2D eigenvalue weighted by Gasteiger charge is 2.15. The van der Waals surface area contributed by atoms with Gasteiger partial charge in [-0.2, -0.15) is 0 Å². The zero-order valence-electron chi connectivity index (χ0n) is 10.8. The Hall–Kier alpha value is -0.240. The van der Waals surface area contributed by atoms with Crippen LogP contribution in [-0.2, 0) is 0 Å². The fourth-order valence-corrected chi connectivity index (χ4v) is 2.70. The van der Waals surface area contributed by atoms with Crippen molar-refractivity contribution in [3.63, 3.8) is 0 Å². The molecule has 0 heterocycles. The van der Waals surface area contributed by atoms with Crippen molar-refractivity contribution in [3.05, 3.63) is 33.8 Å². The summed E-state index contributed by atoms with van der Waals surface area (Å²) in [5, 5.41) is 4.77. The number of hydrogen-bond acceptors (Lipinski definition) is 1. The Morgan fingerprint density at radius 2 is 1.59 bits per heavy atom. The fourth-order valence-electron chi connectivity index (χ4n) is 2.15. The molecule has 0 amide bonds. The third kappa shape index (κ3) is 4.50. The molecule has 3 heteroatoms. The van der Waals surface area contributed by atoms with Crippen molar-refractivity contribution in [1.82, 2.24) is 5.32 Å². The van der Waals surface area contributed by atoms with Gasteiger partial charge < -0.3 is 5.32 Å². The average Bonchev–Trinajstić information content (AvgIpc) is 2.29. The first-order chi connectivity index (χ1) is 8.10. The predicted octanol–water partition coefficient (Wildman–Crippen LogP) is 5.08. The summed E-state index contributed by atoms with van der Waals surface area (Å²) in [6.07, 6.45) is 3.55. The van der Waals surface area contributed by atoms with E-state index in [-0.39, 0.29) is 0 Å². The zero-order chi connectivity index (χ0) is 12.8. The molecule has 0 aromatic heterocycles. The van der Waals surface area contributed by atoms with Crippen LogP contribution in [0.5, 0.6) is 0 Å². The summed E-state index contributed by atoms with van der Waals surface area (Å²) in [5.41, 5.74) is 1.18. The van der Waals surface area contributed by atoms with Crippen molar-refractivity contribution in [2.45, 2.75) is 39.2 Å². The van der Waals surface area contributed by atoms with Gasteiger partial charge in [-0.25, -0.2) is 0 Å². The molecular weight excluding hydrogens is 253 g/mol. The van der Waals surface area contributed by atoms with Gasteiger partial charge in [-0.3, -0.25) is 0 Å². The molecule has 0 fully saturated rings. The third-order valence-electron chi connectivity index (χ3n) is 3.36. The molecule has 0 saturated carbocycles. The van der Waals surface area contributed by atoms with Gasteiger partial charge in [0, 0.05) is 16.1 Å². The van der Waals surface area contributed by atoms with E-state index >= 15 is 0 Å². The van der Waals surface area contributed by atoms with Crippen LogP contribution in [0.1, 0.15) is 44.7 Å². The maximum absolute atomic E-state index is 6.04. The van der Waals surface area contributed by atoms with Gasteiger partial charge in [-0.1, -0.05) is 49.9 Å². The van der Waals surface area contributed by atoms with Crippen molar-refractivity contribution in [1.29, 1.82) is 0 Å². The monoisotopic (exact) mass is 273 g/mol. The molecule has 17 heavy (non-hydrogen) atoms. The van der Waals surface area contributed by atoms with E-state index in [1.54, 1.807) is 6.07 Å². The Bertz CT molecular complexity index is 328. The maximum atomic E-state index is 6.04. The summed E-state index contributed by atoms with van der Waals surface area (Å²) in [4.78, 5) is 0. The van der Waals surface area contributed by atoms with Gasteiger partial charge in [0.1, 0.15) is 0 Å². The van der Waals surface area contributed by atoms with Crippen LogP contribution < -0.4 is 5.32 Å². The molecule has 0 aliphatic heterocycles. The van der Waals surface area contributed by atoms with E-state index in [4.69, 9.17) is 23.2 Å². The molecule has 96 valence electrons. The highest BCUT2D eigenvalue weighted by Crippen LogP contribution is 2.29. The second-order valence-electron chi connectivity index (χ2n) is 4.46. The van der Waals surface area contributed by atoms with Crippen LogP contribution in [0.25, 0.3) is 0 Å². The zero-order valence-corrected chi connectivity index (χ0v) is 12.3. The van der Waals surface area contributed by atoms with Gasteiger partial charge >= 0.3 is 0 Å². The van der Waals surface area contributed by atoms with Crippen LogP contribution >= 0.6 is 23.2 Å². The molecule has 0 spiro atoms. The van der Waals surface area contributed by atoms with Gasteiger partial charge in [0.2, 0.25) is 0 Å². The van der Waals surface area contributed by atoms with Crippen molar-refractivity contribution < 1.29 is 0 Å². The summed E-state index contributed by atoms with van der Waals surface area (Å²) >= 11 is 12.1. The first kappa shape index (κ1) is 14.8. The van der Waals surface area contributed by atoms with Crippen molar-refractivity contribution in [2.75, 3.05) is 7.05 Å². The minimum absolute atomic E-state index is 0.330. The molecule has 1 atom stereocenters. The highest BCUT2D eigenvalue weighted by atomic mass is 35.5. The Balaban J connectivity index is 2.85. The van der Waals surface area contributed by atoms with E-state index in [1.807, 2.05) is 19.2 Å². The first-order valence-corrected chi connectivity index (χ1v) is 6.99. The molecule has 1 unspecified atom stereocenters. The Morgan fingerprint density at radius 1 is 1.06 bits per heavy atom. The van der Waals surface area contributed by atoms with Crippen LogP contribution in [0.4, 0.5) is 0 Å². The van der Waals surface area contributed by atoms with E-state index in [0.29, 0.717) is 16.1 Å². The standard InChI is InChI=1S/C14H21Cl2N/c1-4-10(5-2)6-14(17-3)11-7-12(15)9-13(16)8-11/h7-10,14,17H,4-6H2,1-3H3. The molecule has 0 bridgehead atoms. The average molecular weight is 274 g/mol. The molecule has 1 nitrogen and oxygen atoms in total. The molecule has 1 aromatic carbocycles. The lowest BCUT2D eigenvalue weighted by atomic mass is 9.91. The number of nitrogens with one attached hydrogen (secondary N) is 1. The van der Waals surface area contributed by atoms with Gasteiger partial charge in [-0.05, 0) is 43.1 Å². The quantitative estimate of drug-likeness (QED) is 0.762. The highest BCUT2D eigenvalue weighted by molar-refractivity contribution is 6.34. The lowest BCUT2D eigenvalue weighted by molar-refractivity contribution is 0.385. The molecule has 0 aliphatic carbocycles. The largest absolute Gasteiger partial charge is 0.313 e. The minimum Gasteiger partial charge on any atom is -0.313 e. The molecule has 1 N–H and O–H groups in total. The summed E-state index contributed by atoms with van der Waals surface area (Å²) in [5.74, 6) is 0.741. The molecule has 1 rings (SSSR count). The lowest BCUT2D eigenvalue weighted by Crippen LogP contribution is -2.19. The number of benzene rings is 1. The van der Waals surface area contributed by atoms with Crippen LogP contribution in [0.15, 0.2) is 18.2 Å². The molecular formula is C14H21Cl2N. The molecule has 0 radical (unpaired) electrons. The molecule has 0 saturated heterocycles. The normalized spacial score (nSPS) is 13.1. The second-order valence-corrected chi connectivity index (χ2v) is 5.34. The van der Waals surface area contributed by atoms with E-state index in [0.717, 1.165) is 12.3 Å². The van der Waals surface area contributed by atoms with E-state index < -0.39 is 0 Å². The summed E-state index contributed by atoms with van der Waals surface area (Å²) in [7, 11) is 1.99. The van der Waals surface area contributed by atoms with E-state index in [1.165, 1.54) is 18.4 Å². The summed E-state index contributed by atoms with van der Waals surface area (Å²) in [6, 6.07) is 6.10. The maximum Gasteiger partial charge on any atom is 0.0424 e. The Morgan fingerprint density at radius 3 is 2.00 bits per heavy atom. The molecule has 1 aromatic rings. The smallest absolute Gasteiger partial charge is 0.0424 e. The third-order valence-corrected chi connectivity index (χ3v) is 3.80. The molecule has 0 aliphatic rings. The lowest BCUT2D eigenvalue weighted by Gasteiger charge is -2.22. The van der Waals surface area contributed by atoms with Crippen molar-refractivity contribution in [3.8, 4) is 0 Å². The second kappa shape index (κ2) is 7.25. The van der Waals surface area contributed by atoms with Gasteiger partial charge in [0.25, 0.3) is 0 Å². The summed E-state index contributed by atoms with van der Waals surface area (Å²) < 4.78 is 0. The van der Waals surface area contributed by atoms with E-state index in [9.17, 15) is 0 Å².